The summed E-state index contributed by atoms with van der Waals surface area (Å²) in [6, 6.07) is 3.87. The van der Waals surface area contributed by atoms with Gasteiger partial charge in [-0.25, -0.2) is 0 Å². The van der Waals surface area contributed by atoms with Gasteiger partial charge < -0.3 is 5.11 Å². The monoisotopic (exact) mass is 306 g/mol. The van der Waals surface area contributed by atoms with Gasteiger partial charge in [-0.05, 0) is 71.8 Å². The second-order valence-electron chi connectivity index (χ2n) is 7.29. The average Bonchev–Trinajstić information content (AvgIpc) is 2.44. The fourth-order valence-electron chi connectivity index (χ4n) is 3.35. The van der Waals surface area contributed by atoms with Crippen LogP contribution in [0.5, 0.6) is 5.75 Å². The Labute approximate surface area is 134 Å². The normalized spacial score (nSPS) is 18.4. The summed E-state index contributed by atoms with van der Waals surface area (Å²) in [5.41, 5.74) is 5.14. The lowest BCUT2D eigenvalue weighted by molar-refractivity contribution is 0.214. The second-order valence-corrected chi connectivity index (χ2v) is 7.67. The number of rotatable bonds is 4. The predicted octanol–water partition coefficient (Wildman–Crippen LogP) is 5.58. The molecule has 0 radical (unpaired) electrons. The van der Waals surface area contributed by atoms with Gasteiger partial charge in [-0.15, -0.1) is 11.6 Å². The number of allylic oxidation sites excluding steroid dienone is 1. The molecule has 2 heteroatoms. The molecule has 1 aliphatic carbocycles. The van der Waals surface area contributed by atoms with E-state index in [0.29, 0.717) is 17.5 Å². The van der Waals surface area contributed by atoms with Gasteiger partial charge in [0.25, 0.3) is 0 Å². The van der Waals surface area contributed by atoms with Crippen molar-refractivity contribution in [2.75, 3.05) is 5.88 Å². The molecule has 1 nitrogen and oxygen atoms in total. The molecule has 116 valence electrons. The van der Waals surface area contributed by atoms with E-state index in [2.05, 4.69) is 27.4 Å². The SMILES string of the molecule is C=C(CCCCl)c1ccc(O)c2c1CCC(C(C)(C)C)C2. The van der Waals surface area contributed by atoms with Crippen molar-refractivity contribution in [1.82, 2.24) is 0 Å². The zero-order chi connectivity index (χ0) is 15.6. The van der Waals surface area contributed by atoms with E-state index in [1.165, 1.54) is 17.5 Å². The summed E-state index contributed by atoms with van der Waals surface area (Å²) < 4.78 is 0. The van der Waals surface area contributed by atoms with Gasteiger partial charge in [0.1, 0.15) is 5.75 Å². The second kappa shape index (κ2) is 6.44. The van der Waals surface area contributed by atoms with Crippen LogP contribution < -0.4 is 0 Å². The highest BCUT2D eigenvalue weighted by Crippen LogP contribution is 2.42. The van der Waals surface area contributed by atoms with Crippen molar-refractivity contribution in [2.45, 2.75) is 52.9 Å². The molecule has 1 aliphatic rings. The van der Waals surface area contributed by atoms with Crippen LogP contribution in [0.25, 0.3) is 5.57 Å². The lowest BCUT2D eigenvalue weighted by Crippen LogP contribution is -2.27. The van der Waals surface area contributed by atoms with Gasteiger partial charge >= 0.3 is 0 Å². The first kappa shape index (κ1) is 16.4. The number of fused-ring (bicyclic) bond motifs is 1. The minimum absolute atomic E-state index is 0.287. The van der Waals surface area contributed by atoms with Crippen LogP contribution in [0.3, 0.4) is 0 Å². The molecule has 0 heterocycles. The Morgan fingerprint density at radius 3 is 2.67 bits per heavy atom. The molecule has 1 atom stereocenters. The Bertz CT molecular complexity index is 525. The molecule has 1 unspecified atom stereocenters. The van der Waals surface area contributed by atoms with E-state index in [1.807, 2.05) is 12.1 Å². The Balaban J connectivity index is 2.32. The lowest BCUT2D eigenvalue weighted by atomic mass is 9.69. The van der Waals surface area contributed by atoms with Gasteiger partial charge in [-0.2, -0.15) is 0 Å². The van der Waals surface area contributed by atoms with Crippen molar-refractivity contribution in [3.8, 4) is 5.75 Å². The summed E-state index contributed by atoms with van der Waals surface area (Å²) >= 11 is 5.79. The van der Waals surface area contributed by atoms with Gasteiger partial charge in [0.15, 0.2) is 0 Å². The maximum absolute atomic E-state index is 10.3. The average molecular weight is 307 g/mol. The smallest absolute Gasteiger partial charge is 0.119 e. The van der Waals surface area contributed by atoms with Gasteiger partial charge in [0, 0.05) is 5.88 Å². The van der Waals surface area contributed by atoms with Crippen molar-refractivity contribution in [3.63, 3.8) is 0 Å². The largest absolute Gasteiger partial charge is 0.508 e. The van der Waals surface area contributed by atoms with E-state index in [1.54, 1.807) is 0 Å². The number of hydrogen-bond acceptors (Lipinski definition) is 1. The summed E-state index contributed by atoms with van der Waals surface area (Å²) in [6.45, 7) is 11.1. The first-order valence-electron chi connectivity index (χ1n) is 7.92. The van der Waals surface area contributed by atoms with E-state index in [0.717, 1.165) is 36.8 Å². The fraction of sp³-hybridized carbons (Fsp3) is 0.579. The third-order valence-corrected chi connectivity index (χ3v) is 5.08. The van der Waals surface area contributed by atoms with Crippen LogP contribution in [-0.4, -0.2) is 11.0 Å². The first-order valence-corrected chi connectivity index (χ1v) is 8.46. The highest BCUT2D eigenvalue weighted by Gasteiger charge is 2.31. The molecule has 0 aliphatic heterocycles. The zero-order valence-corrected chi connectivity index (χ0v) is 14.3. The van der Waals surface area contributed by atoms with Crippen molar-refractivity contribution in [1.29, 1.82) is 0 Å². The molecule has 0 amide bonds. The molecule has 0 bridgehead atoms. The number of aromatic hydroxyl groups is 1. The summed E-state index contributed by atoms with van der Waals surface area (Å²) in [4.78, 5) is 0. The van der Waals surface area contributed by atoms with Gasteiger partial charge in [-0.1, -0.05) is 33.4 Å². The minimum Gasteiger partial charge on any atom is -0.508 e. The molecule has 2 rings (SSSR count). The van der Waals surface area contributed by atoms with Gasteiger partial charge in [0.05, 0.1) is 0 Å². The summed E-state index contributed by atoms with van der Waals surface area (Å²) in [6.07, 6.45) is 5.10. The van der Waals surface area contributed by atoms with Gasteiger partial charge in [0.2, 0.25) is 0 Å². The van der Waals surface area contributed by atoms with E-state index in [9.17, 15) is 5.11 Å². The lowest BCUT2D eigenvalue weighted by Gasteiger charge is -2.36. The van der Waals surface area contributed by atoms with E-state index < -0.39 is 0 Å². The molecule has 0 saturated heterocycles. The Morgan fingerprint density at radius 2 is 2.05 bits per heavy atom. The summed E-state index contributed by atoms with van der Waals surface area (Å²) in [5.74, 6) is 1.75. The van der Waals surface area contributed by atoms with Crippen LogP contribution in [0.4, 0.5) is 0 Å². The van der Waals surface area contributed by atoms with Crippen molar-refractivity contribution >= 4 is 17.2 Å². The molecule has 0 spiro atoms. The third kappa shape index (κ3) is 3.63. The molecule has 0 aromatic heterocycles. The van der Waals surface area contributed by atoms with Crippen LogP contribution in [0.1, 0.15) is 56.7 Å². The summed E-state index contributed by atoms with van der Waals surface area (Å²) in [5, 5.41) is 10.3. The van der Waals surface area contributed by atoms with Crippen molar-refractivity contribution in [3.05, 3.63) is 35.4 Å². The molecule has 0 saturated carbocycles. The van der Waals surface area contributed by atoms with Crippen molar-refractivity contribution in [2.24, 2.45) is 11.3 Å². The molecule has 21 heavy (non-hydrogen) atoms. The number of halogens is 1. The van der Waals surface area contributed by atoms with Crippen LogP contribution >= 0.6 is 11.6 Å². The third-order valence-electron chi connectivity index (χ3n) is 4.82. The van der Waals surface area contributed by atoms with Crippen LogP contribution in [0, 0.1) is 11.3 Å². The number of hydrogen-bond donors (Lipinski definition) is 1. The molecule has 1 aromatic rings. The first-order chi connectivity index (χ1) is 9.84. The number of benzene rings is 1. The molecule has 0 fully saturated rings. The minimum atomic E-state index is 0.287. The molecular formula is C19H27ClO. The van der Waals surface area contributed by atoms with E-state index >= 15 is 0 Å². The highest BCUT2D eigenvalue weighted by molar-refractivity contribution is 6.17. The topological polar surface area (TPSA) is 20.2 Å². The Morgan fingerprint density at radius 1 is 1.33 bits per heavy atom. The molecule has 1 N–H and O–H groups in total. The zero-order valence-electron chi connectivity index (χ0n) is 13.5. The maximum atomic E-state index is 10.3. The predicted molar refractivity (Wildman–Crippen MR) is 92.1 cm³/mol. The van der Waals surface area contributed by atoms with Crippen molar-refractivity contribution < 1.29 is 5.11 Å². The standard InChI is InChI=1S/C19H27ClO/c1-13(6-5-11-20)15-9-10-18(21)17-12-14(19(2,3)4)7-8-16(15)17/h9-10,14,21H,1,5-8,11-12H2,2-4H3. The molecular weight excluding hydrogens is 280 g/mol. The quantitative estimate of drug-likeness (QED) is 0.720. The number of alkyl halides is 1. The van der Waals surface area contributed by atoms with Crippen LogP contribution in [0.2, 0.25) is 0 Å². The highest BCUT2D eigenvalue weighted by atomic mass is 35.5. The number of phenols is 1. The van der Waals surface area contributed by atoms with Gasteiger partial charge in [-0.3, -0.25) is 0 Å². The van der Waals surface area contributed by atoms with E-state index in [4.69, 9.17) is 11.6 Å². The molecule has 1 aromatic carbocycles. The Kier molecular flexibility index (Phi) is 5.03. The summed E-state index contributed by atoms with van der Waals surface area (Å²) in [7, 11) is 0. The van der Waals surface area contributed by atoms with Crippen LogP contribution in [-0.2, 0) is 12.8 Å². The number of phenolic OH excluding ortho intramolecular Hbond substituents is 1. The van der Waals surface area contributed by atoms with Crippen LogP contribution in [0.15, 0.2) is 18.7 Å². The maximum Gasteiger partial charge on any atom is 0.119 e. The fourth-order valence-corrected chi connectivity index (χ4v) is 3.48. The Hall–Kier alpha value is -0.950. The van der Waals surface area contributed by atoms with E-state index in [-0.39, 0.29) is 5.41 Å².